The van der Waals surface area contributed by atoms with E-state index in [0.29, 0.717) is 19.6 Å². The molecular formula is C20H34O3. The van der Waals surface area contributed by atoms with E-state index in [1.807, 2.05) is 0 Å². The SMILES string of the molecule is COc1c(C(C)(C)C)cc(COCCCO)c(C)c1C(C)(C)C. The van der Waals surface area contributed by atoms with Crippen LogP contribution in [0.25, 0.3) is 0 Å². The quantitative estimate of drug-likeness (QED) is 0.784. The van der Waals surface area contributed by atoms with Crippen LogP contribution in [0.15, 0.2) is 6.07 Å². The van der Waals surface area contributed by atoms with Crippen molar-refractivity contribution in [2.24, 2.45) is 0 Å². The Morgan fingerprint density at radius 2 is 1.65 bits per heavy atom. The molecule has 0 radical (unpaired) electrons. The Morgan fingerprint density at radius 1 is 1.04 bits per heavy atom. The summed E-state index contributed by atoms with van der Waals surface area (Å²) in [6, 6.07) is 2.22. The maximum atomic E-state index is 8.89. The molecule has 23 heavy (non-hydrogen) atoms. The molecule has 0 saturated heterocycles. The number of aliphatic hydroxyl groups is 1. The minimum atomic E-state index is -0.00344. The van der Waals surface area contributed by atoms with Crippen LogP contribution in [0.2, 0.25) is 0 Å². The van der Waals surface area contributed by atoms with Crippen molar-refractivity contribution in [2.45, 2.75) is 72.3 Å². The van der Waals surface area contributed by atoms with E-state index in [4.69, 9.17) is 14.6 Å². The average molecular weight is 322 g/mol. The summed E-state index contributed by atoms with van der Waals surface area (Å²) in [5, 5.41) is 8.89. The van der Waals surface area contributed by atoms with Gasteiger partial charge < -0.3 is 14.6 Å². The molecule has 0 aliphatic rings. The molecule has 0 aromatic heterocycles. The Kier molecular flexibility index (Phi) is 6.67. The topological polar surface area (TPSA) is 38.7 Å². The Morgan fingerprint density at radius 3 is 2.09 bits per heavy atom. The third-order valence-corrected chi connectivity index (χ3v) is 4.11. The minimum absolute atomic E-state index is 0.00110. The van der Waals surface area contributed by atoms with Gasteiger partial charge >= 0.3 is 0 Å². The molecule has 0 aliphatic carbocycles. The lowest BCUT2D eigenvalue weighted by Crippen LogP contribution is -2.22. The van der Waals surface area contributed by atoms with Gasteiger partial charge in [0.15, 0.2) is 0 Å². The summed E-state index contributed by atoms with van der Waals surface area (Å²) in [4.78, 5) is 0. The molecule has 0 spiro atoms. The molecule has 0 atom stereocenters. The normalized spacial score (nSPS) is 12.6. The van der Waals surface area contributed by atoms with Gasteiger partial charge in [0.2, 0.25) is 0 Å². The van der Waals surface area contributed by atoms with E-state index < -0.39 is 0 Å². The number of hydrogen-bond acceptors (Lipinski definition) is 3. The molecule has 0 saturated carbocycles. The van der Waals surface area contributed by atoms with Gasteiger partial charge in [0, 0.05) is 24.3 Å². The maximum absolute atomic E-state index is 8.89. The second-order valence-electron chi connectivity index (χ2n) is 8.25. The largest absolute Gasteiger partial charge is 0.496 e. The van der Waals surface area contributed by atoms with Gasteiger partial charge in [-0.2, -0.15) is 0 Å². The van der Waals surface area contributed by atoms with Crippen LogP contribution in [0.1, 0.15) is 70.2 Å². The molecule has 1 aromatic carbocycles. The van der Waals surface area contributed by atoms with Gasteiger partial charge in [-0.1, -0.05) is 41.5 Å². The Hall–Kier alpha value is -1.06. The highest BCUT2D eigenvalue weighted by atomic mass is 16.5. The molecule has 3 nitrogen and oxygen atoms in total. The molecule has 1 N–H and O–H groups in total. The zero-order valence-electron chi connectivity index (χ0n) is 16.2. The summed E-state index contributed by atoms with van der Waals surface area (Å²) < 4.78 is 11.6. The zero-order valence-corrected chi connectivity index (χ0v) is 16.2. The molecule has 0 bridgehead atoms. The maximum Gasteiger partial charge on any atom is 0.126 e. The van der Waals surface area contributed by atoms with Crippen molar-refractivity contribution in [3.05, 3.63) is 28.3 Å². The van der Waals surface area contributed by atoms with Crippen LogP contribution in [0.5, 0.6) is 5.75 Å². The van der Waals surface area contributed by atoms with Crippen LogP contribution in [0.4, 0.5) is 0 Å². The van der Waals surface area contributed by atoms with Crippen molar-refractivity contribution < 1.29 is 14.6 Å². The summed E-state index contributed by atoms with van der Waals surface area (Å²) in [6.07, 6.45) is 0.674. The lowest BCUT2D eigenvalue weighted by atomic mass is 9.76. The molecule has 0 amide bonds. The first-order valence-electron chi connectivity index (χ1n) is 8.44. The van der Waals surface area contributed by atoms with E-state index in [-0.39, 0.29) is 17.4 Å². The second kappa shape index (κ2) is 7.67. The van der Waals surface area contributed by atoms with Gasteiger partial charge in [-0.05, 0) is 41.4 Å². The van der Waals surface area contributed by atoms with Crippen molar-refractivity contribution in [1.82, 2.24) is 0 Å². The first-order valence-corrected chi connectivity index (χ1v) is 8.44. The van der Waals surface area contributed by atoms with Gasteiger partial charge in [-0.3, -0.25) is 0 Å². The van der Waals surface area contributed by atoms with E-state index in [0.717, 1.165) is 5.75 Å². The molecule has 1 aromatic rings. The molecule has 0 heterocycles. The fourth-order valence-electron chi connectivity index (χ4n) is 2.98. The van der Waals surface area contributed by atoms with Crippen molar-refractivity contribution in [2.75, 3.05) is 20.3 Å². The number of hydrogen-bond donors (Lipinski definition) is 1. The van der Waals surface area contributed by atoms with Crippen LogP contribution in [0.3, 0.4) is 0 Å². The second-order valence-corrected chi connectivity index (χ2v) is 8.25. The van der Waals surface area contributed by atoms with Gasteiger partial charge in [0.1, 0.15) is 5.75 Å². The van der Waals surface area contributed by atoms with E-state index in [1.54, 1.807) is 7.11 Å². The summed E-state index contributed by atoms with van der Waals surface area (Å²) in [6.45, 7) is 16.8. The Balaban J connectivity index is 3.42. The fraction of sp³-hybridized carbons (Fsp3) is 0.700. The highest BCUT2D eigenvalue weighted by Gasteiger charge is 2.29. The highest BCUT2D eigenvalue weighted by molar-refractivity contribution is 5.55. The number of aliphatic hydroxyl groups excluding tert-OH is 1. The van der Waals surface area contributed by atoms with Crippen LogP contribution in [-0.4, -0.2) is 25.4 Å². The molecule has 3 heteroatoms. The third-order valence-electron chi connectivity index (χ3n) is 4.11. The van der Waals surface area contributed by atoms with Crippen LogP contribution in [-0.2, 0) is 22.2 Å². The standard InChI is InChI=1S/C20H34O3/c1-14-15(13-23-11-9-10-21)12-16(19(2,3)4)18(22-8)17(14)20(5,6)7/h12,21H,9-11,13H2,1-8H3. The molecule has 132 valence electrons. The summed E-state index contributed by atoms with van der Waals surface area (Å²) in [7, 11) is 1.76. The summed E-state index contributed by atoms with van der Waals surface area (Å²) in [5.74, 6) is 1.00. The highest BCUT2D eigenvalue weighted by Crippen LogP contribution is 2.43. The van der Waals surface area contributed by atoms with E-state index in [1.165, 1.54) is 22.3 Å². The number of ether oxygens (including phenoxy) is 2. The van der Waals surface area contributed by atoms with Gasteiger partial charge in [0.05, 0.1) is 13.7 Å². The van der Waals surface area contributed by atoms with E-state index in [9.17, 15) is 0 Å². The van der Waals surface area contributed by atoms with Crippen molar-refractivity contribution >= 4 is 0 Å². The molecule has 0 fully saturated rings. The smallest absolute Gasteiger partial charge is 0.126 e. The number of benzene rings is 1. The zero-order chi connectivity index (χ0) is 17.8. The summed E-state index contributed by atoms with van der Waals surface area (Å²) in [5.41, 5.74) is 4.92. The first kappa shape index (κ1) is 20.0. The van der Waals surface area contributed by atoms with Crippen molar-refractivity contribution in [1.29, 1.82) is 0 Å². The van der Waals surface area contributed by atoms with Crippen LogP contribution < -0.4 is 4.74 Å². The summed E-state index contributed by atoms with van der Waals surface area (Å²) >= 11 is 0. The lowest BCUT2D eigenvalue weighted by molar-refractivity contribution is 0.103. The van der Waals surface area contributed by atoms with E-state index in [2.05, 4.69) is 54.5 Å². The molecular weight excluding hydrogens is 288 g/mol. The third kappa shape index (κ3) is 4.95. The minimum Gasteiger partial charge on any atom is -0.496 e. The van der Waals surface area contributed by atoms with E-state index >= 15 is 0 Å². The predicted molar refractivity (Wildman–Crippen MR) is 96.5 cm³/mol. The van der Waals surface area contributed by atoms with Crippen LogP contribution >= 0.6 is 0 Å². The average Bonchev–Trinajstić information content (AvgIpc) is 2.41. The van der Waals surface area contributed by atoms with Gasteiger partial charge in [-0.15, -0.1) is 0 Å². The number of methoxy groups -OCH3 is 1. The van der Waals surface area contributed by atoms with Gasteiger partial charge in [0.25, 0.3) is 0 Å². The fourth-order valence-corrected chi connectivity index (χ4v) is 2.98. The number of rotatable bonds is 6. The van der Waals surface area contributed by atoms with Crippen molar-refractivity contribution in [3.63, 3.8) is 0 Å². The van der Waals surface area contributed by atoms with Gasteiger partial charge in [-0.25, -0.2) is 0 Å². The molecule has 1 rings (SSSR count). The lowest BCUT2D eigenvalue weighted by Gasteiger charge is -2.32. The monoisotopic (exact) mass is 322 g/mol. The Bertz CT molecular complexity index is 519. The predicted octanol–water partition coefficient (Wildman–Crippen LogP) is 4.50. The Labute approximate surface area is 142 Å². The molecule has 0 aliphatic heterocycles. The first-order chi connectivity index (χ1) is 10.5. The van der Waals surface area contributed by atoms with Crippen molar-refractivity contribution in [3.8, 4) is 5.75 Å². The molecule has 0 unspecified atom stereocenters. The van der Waals surface area contributed by atoms with Crippen LogP contribution in [0, 0.1) is 6.92 Å².